The molecule has 8 heteroatoms. The van der Waals surface area contributed by atoms with Crippen LogP contribution in [-0.2, 0) is 0 Å². The van der Waals surface area contributed by atoms with Gasteiger partial charge in [-0.25, -0.2) is 4.79 Å². The molecule has 0 atom stereocenters. The Morgan fingerprint density at radius 3 is 2.64 bits per heavy atom. The van der Waals surface area contributed by atoms with E-state index in [2.05, 4.69) is 10.3 Å². The van der Waals surface area contributed by atoms with Gasteiger partial charge in [0.05, 0.1) is 10.9 Å². The number of benzene rings is 2. The molecule has 0 saturated carbocycles. The SMILES string of the molecule is CN(C(=O)c1ccccc1)c1nc2ccc(NC(=N)N)cc2c(=O)o1. The molecular formula is C17H15N5O3. The minimum absolute atomic E-state index is 0.0985. The summed E-state index contributed by atoms with van der Waals surface area (Å²) >= 11 is 0. The molecule has 4 N–H and O–H groups in total. The Labute approximate surface area is 142 Å². The molecule has 0 spiro atoms. The molecule has 126 valence electrons. The summed E-state index contributed by atoms with van der Waals surface area (Å²) in [7, 11) is 1.48. The van der Waals surface area contributed by atoms with Crippen molar-refractivity contribution in [2.45, 2.75) is 0 Å². The fourth-order valence-electron chi connectivity index (χ4n) is 2.30. The number of carbonyl (C=O) groups is 1. The molecule has 25 heavy (non-hydrogen) atoms. The highest BCUT2D eigenvalue weighted by molar-refractivity contribution is 6.04. The number of carbonyl (C=O) groups excluding carboxylic acids is 1. The van der Waals surface area contributed by atoms with Crippen LogP contribution in [-0.4, -0.2) is 23.9 Å². The summed E-state index contributed by atoms with van der Waals surface area (Å²) < 4.78 is 5.18. The second kappa shape index (κ2) is 6.44. The van der Waals surface area contributed by atoms with Gasteiger partial charge >= 0.3 is 11.6 Å². The molecule has 0 aliphatic heterocycles. The van der Waals surface area contributed by atoms with E-state index < -0.39 is 5.63 Å². The second-order valence-corrected chi connectivity index (χ2v) is 5.28. The fraction of sp³-hybridized carbons (Fsp3) is 0.0588. The van der Waals surface area contributed by atoms with Gasteiger partial charge in [0.2, 0.25) is 0 Å². The molecule has 0 unspecified atom stereocenters. The smallest absolute Gasteiger partial charge is 0.348 e. The Kier molecular flexibility index (Phi) is 4.17. The van der Waals surface area contributed by atoms with E-state index >= 15 is 0 Å². The van der Waals surface area contributed by atoms with Gasteiger partial charge in [-0.3, -0.25) is 15.1 Å². The quantitative estimate of drug-likeness (QED) is 0.494. The molecule has 0 aliphatic rings. The van der Waals surface area contributed by atoms with Crippen LogP contribution in [0.4, 0.5) is 11.7 Å². The number of nitrogens with one attached hydrogen (secondary N) is 2. The number of hydrogen-bond acceptors (Lipinski definition) is 5. The lowest BCUT2D eigenvalue weighted by Gasteiger charge is -2.14. The van der Waals surface area contributed by atoms with Crippen LogP contribution in [0, 0.1) is 5.41 Å². The monoisotopic (exact) mass is 337 g/mol. The predicted molar refractivity (Wildman–Crippen MR) is 95.0 cm³/mol. The summed E-state index contributed by atoms with van der Waals surface area (Å²) in [5.41, 5.74) is 5.92. The Hall–Kier alpha value is -3.68. The lowest BCUT2D eigenvalue weighted by molar-refractivity contribution is 0.0987. The predicted octanol–water partition coefficient (Wildman–Crippen LogP) is 1.77. The van der Waals surface area contributed by atoms with Crippen LogP contribution >= 0.6 is 0 Å². The van der Waals surface area contributed by atoms with Gasteiger partial charge in [-0.1, -0.05) is 18.2 Å². The normalized spacial score (nSPS) is 10.4. The molecular weight excluding hydrogens is 322 g/mol. The lowest BCUT2D eigenvalue weighted by atomic mass is 10.2. The number of rotatable bonds is 3. The summed E-state index contributed by atoms with van der Waals surface area (Å²) in [6.45, 7) is 0. The molecule has 3 rings (SSSR count). The van der Waals surface area contributed by atoms with Crippen molar-refractivity contribution in [2.75, 3.05) is 17.3 Å². The molecule has 0 bridgehead atoms. The van der Waals surface area contributed by atoms with Gasteiger partial charge in [0.1, 0.15) is 0 Å². The van der Waals surface area contributed by atoms with Gasteiger partial charge in [0, 0.05) is 18.3 Å². The van der Waals surface area contributed by atoms with Gasteiger partial charge in [-0.15, -0.1) is 0 Å². The van der Waals surface area contributed by atoms with Crippen LogP contribution in [0.1, 0.15) is 10.4 Å². The Morgan fingerprint density at radius 1 is 1.24 bits per heavy atom. The average Bonchev–Trinajstić information content (AvgIpc) is 2.61. The van der Waals surface area contributed by atoms with Gasteiger partial charge in [0.25, 0.3) is 5.91 Å². The lowest BCUT2D eigenvalue weighted by Crippen LogP contribution is -2.28. The van der Waals surface area contributed by atoms with Crippen molar-refractivity contribution in [3.05, 3.63) is 64.5 Å². The highest BCUT2D eigenvalue weighted by Crippen LogP contribution is 2.19. The summed E-state index contributed by atoms with van der Waals surface area (Å²) in [6.07, 6.45) is 0. The fourth-order valence-corrected chi connectivity index (χ4v) is 2.30. The van der Waals surface area contributed by atoms with E-state index in [1.165, 1.54) is 18.0 Å². The van der Waals surface area contributed by atoms with Crippen molar-refractivity contribution in [1.82, 2.24) is 4.98 Å². The van der Waals surface area contributed by atoms with Crippen LogP contribution in [0.15, 0.2) is 57.7 Å². The van der Waals surface area contributed by atoms with E-state index in [1.807, 2.05) is 0 Å². The molecule has 2 aromatic carbocycles. The Morgan fingerprint density at radius 2 is 1.96 bits per heavy atom. The maximum absolute atomic E-state index is 12.4. The van der Waals surface area contributed by atoms with Crippen LogP contribution in [0.3, 0.4) is 0 Å². The number of nitrogens with zero attached hydrogens (tertiary/aromatic N) is 2. The summed E-state index contributed by atoms with van der Waals surface area (Å²) in [4.78, 5) is 30.1. The molecule has 0 fully saturated rings. The van der Waals surface area contributed by atoms with Crippen molar-refractivity contribution in [3.8, 4) is 0 Å². The zero-order chi connectivity index (χ0) is 18.0. The molecule has 0 radical (unpaired) electrons. The number of hydrogen-bond donors (Lipinski definition) is 3. The van der Waals surface area contributed by atoms with E-state index in [0.29, 0.717) is 16.8 Å². The topological polar surface area (TPSA) is 125 Å². The minimum Gasteiger partial charge on any atom is -0.388 e. The van der Waals surface area contributed by atoms with E-state index in [-0.39, 0.29) is 23.3 Å². The molecule has 8 nitrogen and oxygen atoms in total. The van der Waals surface area contributed by atoms with Crippen LogP contribution in [0.5, 0.6) is 0 Å². The molecule has 0 aliphatic carbocycles. The Bertz CT molecular complexity index is 1010. The Balaban J connectivity index is 1.99. The minimum atomic E-state index is -0.639. The van der Waals surface area contributed by atoms with Crippen LogP contribution in [0.25, 0.3) is 10.9 Å². The van der Waals surface area contributed by atoms with Gasteiger partial charge < -0.3 is 15.5 Å². The number of fused-ring (bicyclic) bond motifs is 1. The van der Waals surface area contributed by atoms with Gasteiger partial charge in [-0.2, -0.15) is 4.98 Å². The number of guanidine groups is 1. The maximum atomic E-state index is 12.4. The molecule has 1 amide bonds. The highest BCUT2D eigenvalue weighted by atomic mass is 16.4. The van der Waals surface area contributed by atoms with E-state index in [4.69, 9.17) is 15.6 Å². The zero-order valence-electron chi connectivity index (χ0n) is 13.3. The first-order valence-corrected chi connectivity index (χ1v) is 7.35. The third-order valence-electron chi connectivity index (χ3n) is 3.51. The summed E-state index contributed by atoms with van der Waals surface area (Å²) in [6, 6.07) is 13.2. The maximum Gasteiger partial charge on any atom is 0.348 e. The highest BCUT2D eigenvalue weighted by Gasteiger charge is 2.18. The molecule has 1 heterocycles. The van der Waals surface area contributed by atoms with Crippen molar-refractivity contribution in [3.63, 3.8) is 0 Å². The first-order chi connectivity index (χ1) is 12.0. The van der Waals surface area contributed by atoms with Crippen LogP contribution in [0.2, 0.25) is 0 Å². The molecule has 0 saturated heterocycles. The third-order valence-corrected chi connectivity index (χ3v) is 3.51. The first-order valence-electron chi connectivity index (χ1n) is 7.35. The molecule has 3 aromatic rings. The van der Waals surface area contributed by atoms with Gasteiger partial charge in [-0.05, 0) is 30.3 Å². The van der Waals surface area contributed by atoms with Crippen molar-refractivity contribution in [1.29, 1.82) is 5.41 Å². The van der Waals surface area contributed by atoms with Crippen molar-refractivity contribution >= 4 is 34.5 Å². The first kappa shape index (κ1) is 16.2. The zero-order valence-corrected chi connectivity index (χ0v) is 13.3. The number of anilines is 2. The van der Waals surface area contributed by atoms with Crippen molar-refractivity contribution < 1.29 is 9.21 Å². The van der Waals surface area contributed by atoms with E-state index in [9.17, 15) is 9.59 Å². The van der Waals surface area contributed by atoms with E-state index in [0.717, 1.165) is 0 Å². The third kappa shape index (κ3) is 3.32. The number of nitrogens with two attached hydrogens (primary N) is 1. The standard InChI is InChI=1S/C17H15N5O3/c1-22(14(23)10-5-3-2-4-6-10)17-21-13-8-7-11(20-16(18)19)9-12(13)15(24)25-17/h2-9H,1H3,(H4,18,19,20). The van der Waals surface area contributed by atoms with Crippen molar-refractivity contribution in [2.24, 2.45) is 5.73 Å². The largest absolute Gasteiger partial charge is 0.388 e. The second-order valence-electron chi connectivity index (χ2n) is 5.28. The molecule has 1 aromatic heterocycles. The van der Waals surface area contributed by atoms with Gasteiger partial charge in [0.15, 0.2) is 5.96 Å². The summed E-state index contributed by atoms with van der Waals surface area (Å²) in [5.74, 6) is -0.591. The summed E-state index contributed by atoms with van der Waals surface area (Å²) in [5, 5.41) is 10.0. The van der Waals surface area contributed by atoms with Crippen LogP contribution < -0.4 is 21.6 Å². The van der Waals surface area contributed by atoms with E-state index in [1.54, 1.807) is 42.5 Å². The average molecular weight is 337 g/mol. The number of amides is 1. The number of aromatic nitrogens is 1.